The summed E-state index contributed by atoms with van der Waals surface area (Å²) in [5.41, 5.74) is 11.4. The number of anilines is 1. The maximum atomic E-state index is 5.89. The van der Waals surface area contributed by atoms with Crippen molar-refractivity contribution < 1.29 is 0 Å². The van der Waals surface area contributed by atoms with Gasteiger partial charge in [-0.1, -0.05) is 36.3 Å². The van der Waals surface area contributed by atoms with Gasteiger partial charge in [-0.05, 0) is 41.3 Å². The van der Waals surface area contributed by atoms with Gasteiger partial charge in [0.15, 0.2) is 0 Å². The molecule has 0 aliphatic carbocycles. The van der Waals surface area contributed by atoms with Crippen LogP contribution in [-0.4, -0.2) is 19.4 Å². The topological polar surface area (TPSA) is 72.0 Å². The molecule has 128 valence electrons. The second-order valence-electron chi connectivity index (χ2n) is 6.24. The van der Waals surface area contributed by atoms with E-state index in [1.54, 1.807) is 12.3 Å². The van der Waals surface area contributed by atoms with Crippen LogP contribution in [0.1, 0.15) is 11.3 Å². The molecule has 0 amide bonds. The lowest BCUT2D eigenvalue weighted by atomic mass is 10.1. The highest BCUT2D eigenvalue weighted by Gasteiger charge is 2.05. The number of H-pyrrole nitrogens is 1. The van der Waals surface area contributed by atoms with Crippen molar-refractivity contribution in [1.29, 1.82) is 0 Å². The minimum Gasteiger partial charge on any atom is -0.384 e. The van der Waals surface area contributed by atoms with Crippen molar-refractivity contribution >= 4 is 22.5 Å². The first-order valence-electron chi connectivity index (χ1n) is 8.56. The van der Waals surface area contributed by atoms with Crippen LogP contribution in [0.15, 0.2) is 73.2 Å². The molecule has 5 aromatic rings. The molecule has 27 heavy (non-hydrogen) atoms. The van der Waals surface area contributed by atoms with Gasteiger partial charge in [-0.25, -0.2) is 9.97 Å². The van der Waals surface area contributed by atoms with Gasteiger partial charge in [-0.2, -0.15) is 0 Å². The second kappa shape index (κ2) is 6.04. The fraction of sp³-hybridized carbons (Fsp3) is 0. The number of hydrogen-bond donors (Lipinski definition) is 2. The minimum atomic E-state index is 0.443. The van der Waals surface area contributed by atoms with Crippen molar-refractivity contribution in [2.45, 2.75) is 0 Å². The SMILES string of the molecule is Nc1cc(C#Cc2cnc3ccc(-c4ccccc4)cn23)c2cc[nH]c2n1. The van der Waals surface area contributed by atoms with Crippen LogP contribution in [-0.2, 0) is 0 Å². The van der Waals surface area contributed by atoms with Gasteiger partial charge >= 0.3 is 0 Å². The predicted molar refractivity (Wildman–Crippen MR) is 107 cm³/mol. The molecule has 0 saturated carbocycles. The van der Waals surface area contributed by atoms with Gasteiger partial charge in [0, 0.05) is 23.3 Å². The Hall–Kier alpha value is -4.04. The number of aromatic amines is 1. The lowest BCUT2D eigenvalue weighted by molar-refractivity contribution is 1.16. The van der Waals surface area contributed by atoms with Crippen LogP contribution in [0.3, 0.4) is 0 Å². The zero-order chi connectivity index (χ0) is 18.2. The number of rotatable bonds is 1. The Kier molecular flexibility index (Phi) is 3.41. The molecule has 5 rings (SSSR count). The average Bonchev–Trinajstić information content (AvgIpc) is 3.33. The van der Waals surface area contributed by atoms with E-state index in [2.05, 4.69) is 51.2 Å². The molecule has 4 heterocycles. The second-order valence-corrected chi connectivity index (χ2v) is 6.24. The molecular weight excluding hydrogens is 334 g/mol. The summed E-state index contributed by atoms with van der Waals surface area (Å²) in [5, 5.41) is 0.954. The lowest BCUT2D eigenvalue weighted by Gasteiger charge is -2.03. The van der Waals surface area contributed by atoms with Crippen molar-refractivity contribution in [3.63, 3.8) is 0 Å². The van der Waals surface area contributed by atoms with Gasteiger partial charge in [-0.15, -0.1) is 0 Å². The van der Waals surface area contributed by atoms with Crippen molar-refractivity contribution in [3.8, 4) is 23.0 Å². The number of imidazole rings is 1. The van der Waals surface area contributed by atoms with E-state index >= 15 is 0 Å². The number of nitrogens with zero attached hydrogens (tertiary/aromatic N) is 3. The van der Waals surface area contributed by atoms with Crippen LogP contribution in [0.2, 0.25) is 0 Å². The number of nitrogen functional groups attached to an aromatic ring is 1. The molecule has 0 bridgehead atoms. The Morgan fingerprint density at radius 2 is 1.85 bits per heavy atom. The summed E-state index contributed by atoms with van der Waals surface area (Å²) in [6.45, 7) is 0. The van der Waals surface area contributed by atoms with E-state index in [1.165, 1.54) is 0 Å². The summed E-state index contributed by atoms with van der Waals surface area (Å²) in [7, 11) is 0. The fourth-order valence-electron chi connectivity index (χ4n) is 3.17. The number of benzene rings is 1. The van der Waals surface area contributed by atoms with Crippen LogP contribution < -0.4 is 5.73 Å². The number of nitrogens with one attached hydrogen (secondary N) is 1. The predicted octanol–water partition coefficient (Wildman–Crippen LogP) is 3.86. The third-order valence-electron chi connectivity index (χ3n) is 4.49. The maximum absolute atomic E-state index is 5.89. The molecule has 0 aliphatic heterocycles. The van der Waals surface area contributed by atoms with Gasteiger partial charge in [0.05, 0.1) is 6.20 Å². The minimum absolute atomic E-state index is 0.443. The van der Waals surface area contributed by atoms with Crippen LogP contribution in [0, 0.1) is 11.8 Å². The summed E-state index contributed by atoms with van der Waals surface area (Å²) >= 11 is 0. The van der Waals surface area contributed by atoms with Crippen molar-refractivity contribution in [3.05, 3.63) is 84.4 Å². The molecule has 1 aromatic carbocycles. The molecule has 0 radical (unpaired) electrons. The molecule has 0 aliphatic rings. The first-order chi connectivity index (χ1) is 13.3. The van der Waals surface area contributed by atoms with Crippen LogP contribution >= 0.6 is 0 Å². The quantitative estimate of drug-likeness (QED) is 0.451. The molecular formula is C22H15N5. The van der Waals surface area contributed by atoms with E-state index in [-0.39, 0.29) is 0 Å². The summed E-state index contributed by atoms with van der Waals surface area (Å²) in [4.78, 5) is 11.8. The number of hydrogen-bond acceptors (Lipinski definition) is 3. The van der Waals surface area contributed by atoms with E-state index in [4.69, 9.17) is 5.73 Å². The highest BCUT2D eigenvalue weighted by atomic mass is 15.0. The van der Waals surface area contributed by atoms with E-state index in [0.717, 1.165) is 39.1 Å². The Bertz CT molecular complexity index is 1330. The van der Waals surface area contributed by atoms with Gasteiger partial charge in [0.1, 0.15) is 22.8 Å². The number of pyridine rings is 2. The summed E-state index contributed by atoms with van der Waals surface area (Å²) in [5.74, 6) is 6.89. The third kappa shape index (κ3) is 2.70. The van der Waals surface area contributed by atoms with Crippen molar-refractivity contribution in [1.82, 2.24) is 19.4 Å². The molecule has 0 saturated heterocycles. The Labute approximate surface area is 155 Å². The third-order valence-corrected chi connectivity index (χ3v) is 4.49. The van der Waals surface area contributed by atoms with Crippen LogP contribution in [0.25, 0.3) is 27.8 Å². The highest BCUT2D eigenvalue weighted by Crippen LogP contribution is 2.21. The largest absolute Gasteiger partial charge is 0.384 e. The van der Waals surface area contributed by atoms with E-state index in [9.17, 15) is 0 Å². The normalized spacial score (nSPS) is 10.8. The molecule has 0 atom stereocenters. The Morgan fingerprint density at radius 3 is 2.74 bits per heavy atom. The van der Waals surface area contributed by atoms with E-state index in [1.807, 2.05) is 40.9 Å². The summed E-state index contributed by atoms with van der Waals surface area (Å²) in [6, 6.07) is 18.1. The Morgan fingerprint density at radius 1 is 0.963 bits per heavy atom. The van der Waals surface area contributed by atoms with E-state index < -0.39 is 0 Å². The molecule has 0 unspecified atom stereocenters. The monoisotopic (exact) mass is 349 g/mol. The van der Waals surface area contributed by atoms with Gasteiger partial charge in [0.2, 0.25) is 0 Å². The molecule has 0 spiro atoms. The molecule has 4 aromatic heterocycles. The summed E-state index contributed by atoms with van der Waals surface area (Å²) < 4.78 is 2.01. The fourth-order valence-corrected chi connectivity index (χ4v) is 3.17. The first-order valence-corrected chi connectivity index (χ1v) is 8.56. The maximum Gasteiger partial charge on any atom is 0.140 e. The number of aromatic nitrogens is 4. The molecule has 5 nitrogen and oxygen atoms in total. The van der Waals surface area contributed by atoms with Crippen LogP contribution in [0.5, 0.6) is 0 Å². The smallest absolute Gasteiger partial charge is 0.140 e. The molecule has 0 fully saturated rings. The number of nitrogens with two attached hydrogens (primary N) is 1. The van der Waals surface area contributed by atoms with Gasteiger partial charge in [-0.3, -0.25) is 4.40 Å². The van der Waals surface area contributed by atoms with Crippen LogP contribution in [0.4, 0.5) is 5.82 Å². The van der Waals surface area contributed by atoms with Gasteiger partial charge < -0.3 is 10.7 Å². The standard InChI is InChI=1S/C22H15N5/c23-20-12-16(19-10-11-24-22(19)26-20)6-8-18-13-25-21-9-7-17(14-27(18)21)15-4-2-1-3-5-15/h1-5,7,9-14H,(H3,23,24,26). The van der Waals surface area contributed by atoms with Crippen molar-refractivity contribution in [2.75, 3.05) is 5.73 Å². The first kappa shape index (κ1) is 15.2. The molecule has 5 heteroatoms. The van der Waals surface area contributed by atoms with Crippen molar-refractivity contribution in [2.24, 2.45) is 0 Å². The zero-order valence-corrected chi connectivity index (χ0v) is 14.3. The zero-order valence-electron chi connectivity index (χ0n) is 14.3. The molecule has 3 N–H and O–H groups in total. The van der Waals surface area contributed by atoms with E-state index in [0.29, 0.717) is 5.82 Å². The number of fused-ring (bicyclic) bond motifs is 2. The summed E-state index contributed by atoms with van der Waals surface area (Å²) in [6.07, 6.45) is 5.69. The highest BCUT2D eigenvalue weighted by molar-refractivity contribution is 5.84. The average molecular weight is 349 g/mol. The van der Waals surface area contributed by atoms with Gasteiger partial charge in [0.25, 0.3) is 0 Å². The Balaban J connectivity index is 1.62. The lowest BCUT2D eigenvalue weighted by Crippen LogP contribution is -1.92.